The molecule has 1 fully saturated rings. The highest BCUT2D eigenvalue weighted by Crippen LogP contribution is 2.35. The summed E-state index contributed by atoms with van der Waals surface area (Å²) >= 11 is 0. The van der Waals surface area contributed by atoms with Gasteiger partial charge in [-0.3, -0.25) is 4.79 Å². The van der Waals surface area contributed by atoms with Gasteiger partial charge in [-0.25, -0.2) is 0 Å². The van der Waals surface area contributed by atoms with Gasteiger partial charge in [-0.2, -0.15) is 0 Å². The van der Waals surface area contributed by atoms with Crippen molar-refractivity contribution in [2.75, 3.05) is 0 Å². The van der Waals surface area contributed by atoms with E-state index in [9.17, 15) is 4.79 Å². The Kier molecular flexibility index (Phi) is 6.88. The van der Waals surface area contributed by atoms with Gasteiger partial charge in [0.2, 0.25) is 0 Å². The van der Waals surface area contributed by atoms with E-state index in [2.05, 4.69) is 6.92 Å². The maximum atomic E-state index is 12.7. The number of benzene rings is 2. The van der Waals surface area contributed by atoms with Crippen molar-refractivity contribution in [1.82, 2.24) is 0 Å². The molecule has 0 radical (unpaired) electrons. The number of hydrogen-bond donors (Lipinski definition) is 0. The molecule has 1 saturated carbocycles. The minimum Gasteiger partial charge on any atom is -0.426 e. The van der Waals surface area contributed by atoms with Crippen LogP contribution in [0.1, 0.15) is 58.3 Å². The zero-order valence-corrected chi connectivity index (χ0v) is 15.8. The van der Waals surface area contributed by atoms with Gasteiger partial charge in [0.25, 0.3) is 0 Å². The Balaban J connectivity index is 1.58. The molecule has 0 unspecified atom stereocenters. The van der Waals surface area contributed by atoms with Crippen LogP contribution in [0.4, 0.5) is 0 Å². The molecule has 1 aliphatic carbocycles. The van der Waals surface area contributed by atoms with Crippen molar-refractivity contribution >= 4 is 5.97 Å². The van der Waals surface area contributed by atoms with Crippen molar-refractivity contribution in [2.45, 2.75) is 58.3 Å². The summed E-state index contributed by atoms with van der Waals surface area (Å²) < 4.78 is 5.83. The van der Waals surface area contributed by atoms with Crippen molar-refractivity contribution in [3.05, 3.63) is 54.6 Å². The Morgan fingerprint density at radius 2 is 1.62 bits per heavy atom. The van der Waals surface area contributed by atoms with Gasteiger partial charge in [-0.05, 0) is 43.2 Å². The molecule has 2 aromatic rings. The molecule has 138 valence electrons. The lowest BCUT2D eigenvalue weighted by molar-refractivity contribution is -0.140. The van der Waals surface area contributed by atoms with Gasteiger partial charge in [-0.1, -0.05) is 81.1 Å². The van der Waals surface area contributed by atoms with E-state index in [1.807, 2.05) is 54.6 Å². The molecule has 2 nitrogen and oxygen atoms in total. The van der Waals surface area contributed by atoms with Gasteiger partial charge < -0.3 is 4.74 Å². The molecule has 0 aliphatic heterocycles. The monoisotopic (exact) mass is 350 g/mol. The zero-order chi connectivity index (χ0) is 18.2. The van der Waals surface area contributed by atoms with E-state index in [0.717, 1.165) is 29.9 Å². The molecule has 26 heavy (non-hydrogen) atoms. The molecular weight excluding hydrogens is 320 g/mol. The number of carbonyl (C=O) groups excluding carboxylic acids is 1. The van der Waals surface area contributed by atoms with Crippen LogP contribution < -0.4 is 4.74 Å². The van der Waals surface area contributed by atoms with Crippen LogP contribution in [0, 0.1) is 11.8 Å². The van der Waals surface area contributed by atoms with Crippen LogP contribution >= 0.6 is 0 Å². The molecule has 2 heteroatoms. The van der Waals surface area contributed by atoms with Crippen molar-refractivity contribution in [3.63, 3.8) is 0 Å². The van der Waals surface area contributed by atoms with Crippen molar-refractivity contribution in [1.29, 1.82) is 0 Å². The Labute approximate surface area is 157 Å². The molecular formula is C24H30O2. The average molecular weight is 351 g/mol. The number of unbranched alkanes of at least 4 members (excludes halogenated alkanes) is 2. The fourth-order valence-electron chi connectivity index (χ4n) is 3.97. The molecule has 0 saturated heterocycles. The number of esters is 1. The summed E-state index contributed by atoms with van der Waals surface area (Å²) in [6.07, 6.45) is 9.56. The lowest BCUT2D eigenvalue weighted by Gasteiger charge is -2.27. The van der Waals surface area contributed by atoms with Gasteiger partial charge in [0, 0.05) is 5.56 Å². The van der Waals surface area contributed by atoms with Gasteiger partial charge in [-0.15, -0.1) is 0 Å². The summed E-state index contributed by atoms with van der Waals surface area (Å²) in [7, 11) is 0. The van der Waals surface area contributed by atoms with Gasteiger partial charge >= 0.3 is 5.97 Å². The van der Waals surface area contributed by atoms with Crippen LogP contribution in [0.5, 0.6) is 5.75 Å². The molecule has 0 bridgehead atoms. The van der Waals surface area contributed by atoms with Gasteiger partial charge in [0.05, 0.1) is 5.92 Å². The first-order valence-corrected chi connectivity index (χ1v) is 10.1. The van der Waals surface area contributed by atoms with Crippen LogP contribution in [0.15, 0.2) is 54.6 Å². The van der Waals surface area contributed by atoms with Crippen molar-refractivity contribution < 1.29 is 9.53 Å². The molecule has 0 spiro atoms. The van der Waals surface area contributed by atoms with Crippen LogP contribution in [0.3, 0.4) is 0 Å². The van der Waals surface area contributed by atoms with Gasteiger partial charge in [0.1, 0.15) is 5.75 Å². The van der Waals surface area contributed by atoms with Gasteiger partial charge in [0.15, 0.2) is 0 Å². The van der Waals surface area contributed by atoms with Crippen LogP contribution in [-0.2, 0) is 4.79 Å². The Morgan fingerprint density at radius 3 is 2.35 bits per heavy atom. The maximum Gasteiger partial charge on any atom is 0.314 e. The first kappa shape index (κ1) is 18.7. The van der Waals surface area contributed by atoms with Crippen LogP contribution in [-0.4, -0.2) is 5.97 Å². The molecule has 0 aromatic heterocycles. The molecule has 0 heterocycles. The highest BCUT2D eigenvalue weighted by atomic mass is 16.5. The molecule has 0 N–H and O–H groups in total. The minimum atomic E-state index is -0.0552. The van der Waals surface area contributed by atoms with E-state index >= 15 is 0 Å². The summed E-state index contributed by atoms with van der Waals surface area (Å²) in [6, 6.07) is 17.9. The highest BCUT2D eigenvalue weighted by molar-refractivity contribution is 5.79. The highest BCUT2D eigenvalue weighted by Gasteiger charge is 2.28. The lowest BCUT2D eigenvalue weighted by Crippen LogP contribution is -2.25. The summed E-state index contributed by atoms with van der Waals surface area (Å²) in [5.74, 6) is 1.48. The number of carbonyl (C=O) groups is 1. The predicted octanol–water partition coefficient (Wildman–Crippen LogP) is 6.65. The third kappa shape index (κ3) is 4.97. The number of rotatable bonds is 7. The lowest BCUT2D eigenvalue weighted by atomic mass is 9.80. The van der Waals surface area contributed by atoms with E-state index in [4.69, 9.17) is 4.74 Å². The van der Waals surface area contributed by atoms with E-state index in [-0.39, 0.29) is 11.9 Å². The first-order chi connectivity index (χ1) is 12.8. The van der Waals surface area contributed by atoms with E-state index < -0.39 is 0 Å². The summed E-state index contributed by atoms with van der Waals surface area (Å²) in [6.45, 7) is 2.25. The molecule has 0 amide bonds. The van der Waals surface area contributed by atoms with Crippen molar-refractivity contribution in [2.24, 2.45) is 11.8 Å². The third-order valence-corrected chi connectivity index (χ3v) is 5.58. The van der Waals surface area contributed by atoms with Crippen molar-refractivity contribution in [3.8, 4) is 16.9 Å². The Bertz CT molecular complexity index is 684. The topological polar surface area (TPSA) is 26.3 Å². The average Bonchev–Trinajstić information content (AvgIpc) is 2.70. The Hall–Kier alpha value is -2.09. The number of para-hydroxylation sites is 1. The smallest absolute Gasteiger partial charge is 0.314 e. The second-order valence-electron chi connectivity index (χ2n) is 7.50. The molecule has 1 aliphatic rings. The van der Waals surface area contributed by atoms with E-state index in [0.29, 0.717) is 5.75 Å². The standard InChI is InChI=1S/C24H30O2/c1-2-3-5-10-19-15-17-21(18-16-19)24(25)26-23-14-9-8-13-22(23)20-11-6-4-7-12-20/h4,6-9,11-14,19,21H,2-3,5,10,15-18H2,1H3. The fourth-order valence-corrected chi connectivity index (χ4v) is 3.97. The Morgan fingerprint density at radius 1 is 0.923 bits per heavy atom. The molecule has 2 aromatic carbocycles. The molecule has 3 rings (SSSR count). The minimum absolute atomic E-state index is 0.0552. The summed E-state index contributed by atoms with van der Waals surface area (Å²) in [4.78, 5) is 12.7. The number of hydrogen-bond acceptors (Lipinski definition) is 2. The maximum absolute atomic E-state index is 12.7. The predicted molar refractivity (Wildman–Crippen MR) is 107 cm³/mol. The second kappa shape index (κ2) is 9.56. The summed E-state index contributed by atoms with van der Waals surface area (Å²) in [5, 5.41) is 0. The third-order valence-electron chi connectivity index (χ3n) is 5.58. The molecule has 0 atom stereocenters. The van der Waals surface area contributed by atoms with E-state index in [1.165, 1.54) is 38.5 Å². The normalized spacial score (nSPS) is 19.9. The largest absolute Gasteiger partial charge is 0.426 e. The van der Waals surface area contributed by atoms with Crippen LogP contribution in [0.2, 0.25) is 0 Å². The van der Waals surface area contributed by atoms with Crippen LogP contribution in [0.25, 0.3) is 11.1 Å². The number of ether oxygens (including phenoxy) is 1. The van der Waals surface area contributed by atoms with E-state index in [1.54, 1.807) is 0 Å². The quantitative estimate of drug-likeness (QED) is 0.317. The second-order valence-corrected chi connectivity index (χ2v) is 7.50. The first-order valence-electron chi connectivity index (χ1n) is 10.1. The SMILES string of the molecule is CCCCCC1CCC(C(=O)Oc2ccccc2-c2ccccc2)CC1. The zero-order valence-electron chi connectivity index (χ0n) is 15.8. The fraction of sp³-hybridized carbons (Fsp3) is 0.458. The summed E-state index contributed by atoms with van der Waals surface area (Å²) in [5.41, 5.74) is 2.06.